The topological polar surface area (TPSA) is 50.4 Å². The Morgan fingerprint density at radius 3 is 2.65 bits per heavy atom. The lowest BCUT2D eigenvalue weighted by atomic mass is 10.2. The van der Waals surface area contributed by atoms with Gasteiger partial charge in [0.2, 0.25) is 0 Å². The number of ether oxygens (including phenoxy) is 1. The summed E-state index contributed by atoms with van der Waals surface area (Å²) in [5.41, 5.74) is 1.13. The molecule has 0 heterocycles. The summed E-state index contributed by atoms with van der Waals surface area (Å²) in [6.45, 7) is 2.87. The Kier molecular flexibility index (Phi) is 6.03. The minimum atomic E-state index is -0.309. The van der Waals surface area contributed by atoms with Crippen molar-refractivity contribution >= 4 is 23.3 Å². The molecule has 0 fully saturated rings. The SMILES string of the molecule is CCOC(=O)CNC(=S)NCc1ccccc1. The fourth-order valence-electron chi connectivity index (χ4n) is 1.21. The second-order valence-electron chi connectivity index (χ2n) is 3.33. The molecule has 0 aromatic heterocycles. The summed E-state index contributed by atoms with van der Waals surface area (Å²) in [7, 11) is 0. The van der Waals surface area contributed by atoms with Gasteiger partial charge in [0.15, 0.2) is 5.11 Å². The van der Waals surface area contributed by atoms with Crippen molar-refractivity contribution < 1.29 is 9.53 Å². The Morgan fingerprint density at radius 1 is 1.29 bits per heavy atom. The van der Waals surface area contributed by atoms with Crippen LogP contribution in [0.1, 0.15) is 12.5 Å². The van der Waals surface area contributed by atoms with Crippen LogP contribution in [0.15, 0.2) is 30.3 Å². The minimum absolute atomic E-state index is 0.0917. The lowest BCUT2D eigenvalue weighted by molar-refractivity contribution is -0.141. The van der Waals surface area contributed by atoms with Gasteiger partial charge in [-0.3, -0.25) is 4.79 Å². The van der Waals surface area contributed by atoms with Gasteiger partial charge in [-0.1, -0.05) is 30.3 Å². The van der Waals surface area contributed by atoms with Crippen LogP contribution < -0.4 is 10.6 Å². The molecule has 92 valence electrons. The van der Waals surface area contributed by atoms with Gasteiger partial charge in [0.05, 0.1) is 6.61 Å². The van der Waals surface area contributed by atoms with Crippen LogP contribution in [0.5, 0.6) is 0 Å². The summed E-state index contributed by atoms with van der Waals surface area (Å²) in [6, 6.07) is 9.89. The van der Waals surface area contributed by atoms with Gasteiger partial charge in [0.25, 0.3) is 0 Å². The van der Waals surface area contributed by atoms with E-state index < -0.39 is 0 Å². The highest BCUT2D eigenvalue weighted by Crippen LogP contribution is 1.96. The predicted molar refractivity (Wildman–Crippen MR) is 70.5 cm³/mol. The van der Waals surface area contributed by atoms with E-state index in [4.69, 9.17) is 17.0 Å². The van der Waals surface area contributed by atoms with E-state index in [9.17, 15) is 4.79 Å². The lowest BCUT2D eigenvalue weighted by Gasteiger charge is -2.09. The molecule has 0 spiro atoms. The third kappa shape index (κ3) is 5.87. The molecule has 5 heteroatoms. The van der Waals surface area contributed by atoms with E-state index in [1.807, 2.05) is 30.3 Å². The number of carbonyl (C=O) groups excluding carboxylic acids is 1. The maximum Gasteiger partial charge on any atom is 0.325 e. The van der Waals surface area contributed by atoms with Crippen LogP contribution >= 0.6 is 12.2 Å². The maximum absolute atomic E-state index is 11.0. The van der Waals surface area contributed by atoms with Crippen LogP contribution in [0.4, 0.5) is 0 Å². The van der Waals surface area contributed by atoms with E-state index in [1.165, 1.54) is 0 Å². The van der Waals surface area contributed by atoms with Gasteiger partial charge in [0.1, 0.15) is 6.54 Å². The van der Waals surface area contributed by atoms with Crippen molar-refractivity contribution in [1.29, 1.82) is 0 Å². The van der Waals surface area contributed by atoms with Gasteiger partial charge in [-0.2, -0.15) is 0 Å². The van der Waals surface area contributed by atoms with E-state index in [-0.39, 0.29) is 12.5 Å². The summed E-state index contributed by atoms with van der Waals surface area (Å²) >= 11 is 5.03. The number of rotatable bonds is 5. The van der Waals surface area contributed by atoms with E-state index in [0.717, 1.165) is 5.56 Å². The minimum Gasteiger partial charge on any atom is -0.465 e. The molecule has 0 aliphatic rings. The summed E-state index contributed by atoms with van der Waals surface area (Å²) in [5.74, 6) is -0.309. The smallest absolute Gasteiger partial charge is 0.325 e. The van der Waals surface area contributed by atoms with Gasteiger partial charge < -0.3 is 15.4 Å². The first-order valence-electron chi connectivity index (χ1n) is 5.43. The van der Waals surface area contributed by atoms with Crippen molar-refractivity contribution in [2.24, 2.45) is 0 Å². The lowest BCUT2D eigenvalue weighted by Crippen LogP contribution is -2.38. The zero-order valence-electron chi connectivity index (χ0n) is 9.73. The molecule has 4 nitrogen and oxygen atoms in total. The Labute approximate surface area is 106 Å². The van der Waals surface area contributed by atoms with Crippen molar-refractivity contribution in [1.82, 2.24) is 10.6 Å². The van der Waals surface area contributed by atoms with Crippen molar-refractivity contribution in [2.75, 3.05) is 13.2 Å². The molecule has 1 aromatic carbocycles. The Bertz CT molecular complexity index is 368. The number of esters is 1. The normalized spacial score (nSPS) is 9.47. The van der Waals surface area contributed by atoms with Crippen molar-refractivity contribution in [2.45, 2.75) is 13.5 Å². The highest BCUT2D eigenvalue weighted by molar-refractivity contribution is 7.80. The summed E-state index contributed by atoms with van der Waals surface area (Å²) < 4.78 is 4.77. The van der Waals surface area contributed by atoms with Crippen LogP contribution in [0.3, 0.4) is 0 Å². The van der Waals surface area contributed by atoms with Gasteiger partial charge in [-0.15, -0.1) is 0 Å². The molecule has 0 aliphatic carbocycles. The second kappa shape index (κ2) is 7.62. The standard InChI is InChI=1S/C12H16N2O2S/c1-2-16-11(15)9-14-12(17)13-8-10-6-4-3-5-7-10/h3-7H,2,8-9H2,1H3,(H2,13,14,17). The van der Waals surface area contributed by atoms with Crippen LogP contribution in [-0.2, 0) is 16.1 Å². The molecular weight excluding hydrogens is 236 g/mol. The van der Waals surface area contributed by atoms with Crippen molar-refractivity contribution in [3.8, 4) is 0 Å². The fraction of sp³-hybridized carbons (Fsp3) is 0.333. The van der Waals surface area contributed by atoms with Crippen molar-refractivity contribution in [3.05, 3.63) is 35.9 Å². The number of hydrogen-bond donors (Lipinski definition) is 2. The average Bonchev–Trinajstić information content (AvgIpc) is 2.35. The third-order valence-corrected chi connectivity index (χ3v) is 2.28. The molecule has 0 amide bonds. The molecule has 0 bridgehead atoms. The van der Waals surface area contributed by atoms with Gasteiger partial charge >= 0.3 is 5.97 Å². The van der Waals surface area contributed by atoms with Gasteiger partial charge in [-0.05, 0) is 24.7 Å². The molecule has 0 saturated heterocycles. The molecule has 1 rings (SSSR count). The second-order valence-corrected chi connectivity index (χ2v) is 3.74. The zero-order valence-corrected chi connectivity index (χ0v) is 10.5. The van der Waals surface area contributed by atoms with E-state index in [0.29, 0.717) is 18.3 Å². The Hall–Kier alpha value is -1.62. The van der Waals surface area contributed by atoms with Crippen LogP contribution in [0.2, 0.25) is 0 Å². The monoisotopic (exact) mass is 252 g/mol. The molecule has 1 aromatic rings. The van der Waals surface area contributed by atoms with E-state index in [1.54, 1.807) is 6.92 Å². The van der Waals surface area contributed by atoms with Crippen LogP contribution in [-0.4, -0.2) is 24.2 Å². The summed E-state index contributed by atoms with van der Waals surface area (Å²) in [5, 5.41) is 6.24. The molecule has 0 radical (unpaired) electrons. The molecule has 2 N–H and O–H groups in total. The third-order valence-electron chi connectivity index (χ3n) is 1.99. The van der Waals surface area contributed by atoms with Crippen molar-refractivity contribution in [3.63, 3.8) is 0 Å². The maximum atomic E-state index is 11.0. The molecule has 0 aliphatic heterocycles. The van der Waals surface area contributed by atoms with E-state index >= 15 is 0 Å². The number of benzene rings is 1. The summed E-state index contributed by atoms with van der Waals surface area (Å²) in [4.78, 5) is 11.0. The Morgan fingerprint density at radius 2 is 2.00 bits per heavy atom. The molecule has 17 heavy (non-hydrogen) atoms. The molecular formula is C12H16N2O2S. The van der Waals surface area contributed by atoms with E-state index in [2.05, 4.69) is 10.6 Å². The quantitative estimate of drug-likeness (QED) is 0.609. The first-order chi connectivity index (χ1) is 8.22. The zero-order chi connectivity index (χ0) is 12.5. The molecule has 0 unspecified atom stereocenters. The molecule has 0 saturated carbocycles. The highest BCUT2D eigenvalue weighted by atomic mass is 32.1. The Balaban J connectivity index is 2.20. The number of hydrogen-bond acceptors (Lipinski definition) is 3. The number of carbonyl (C=O) groups is 1. The first-order valence-corrected chi connectivity index (χ1v) is 5.84. The molecule has 0 atom stereocenters. The predicted octanol–water partition coefficient (Wildman–Crippen LogP) is 1.21. The number of nitrogens with one attached hydrogen (secondary N) is 2. The largest absolute Gasteiger partial charge is 0.465 e. The van der Waals surface area contributed by atoms with Gasteiger partial charge in [-0.25, -0.2) is 0 Å². The summed E-state index contributed by atoms with van der Waals surface area (Å²) in [6.07, 6.45) is 0. The fourth-order valence-corrected chi connectivity index (χ4v) is 1.35. The van der Waals surface area contributed by atoms with Crippen LogP contribution in [0.25, 0.3) is 0 Å². The van der Waals surface area contributed by atoms with Crippen LogP contribution in [0, 0.1) is 0 Å². The van der Waals surface area contributed by atoms with Gasteiger partial charge in [0, 0.05) is 6.54 Å². The average molecular weight is 252 g/mol. The number of thiocarbonyl (C=S) groups is 1. The highest BCUT2D eigenvalue weighted by Gasteiger charge is 2.02. The first kappa shape index (κ1) is 13.4.